The SMILES string of the molecule is N=C1C=Cc2ccc3ccc(-c4cccc(-c5nc(-c6ccccc6)nc(-c6ccc(-c7ccccc7)cc6)n5)c4)cc3c2C1=N. The number of fused-ring (bicyclic) bond motifs is 3. The highest BCUT2D eigenvalue weighted by Crippen LogP contribution is 2.33. The Labute approximate surface area is 266 Å². The molecule has 0 radical (unpaired) electrons. The van der Waals surface area contributed by atoms with E-state index in [1.165, 1.54) is 0 Å². The molecule has 0 saturated carbocycles. The predicted octanol–water partition coefficient (Wildman–Crippen LogP) is 9.77. The number of hydrogen-bond acceptors (Lipinski definition) is 5. The van der Waals surface area contributed by atoms with Crippen LogP contribution in [0.15, 0.2) is 146 Å². The first-order valence-corrected chi connectivity index (χ1v) is 15.1. The van der Waals surface area contributed by atoms with Crippen LogP contribution < -0.4 is 0 Å². The molecule has 1 heterocycles. The van der Waals surface area contributed by atoms with Gasteiger partial charge in [0.05, 0.1) is 11.4 Å². The third-order valence-corrected chi connectivity index (χ3v) is 8.37. The molecule has 0 unspecified atom stereocenters. The van der Waals surface area contributed by atoms with Crippen molar-refractivity contribution in [1.82, 2.24) is 15.0 Å². The van der Waals surface area contributed by atoms with Crippen LogP contribution in [-0.4, -0.2) is 26.4 Å². The van der Waals surface area contributed by atoms with Gasteiger partial charge in [-0.15, -0.1) is 0 Å². The lowest BCUT2D eigenvalue weighted by molar-refractivity contribution is 1.07. The minimum absolute atomic E-state index is 0.224. The van der Waals surface area contributed by atoms with Crippen molar-refractivity contribution in [1.29, 1.82) is 10.8 Å². The van der Waals surface area contributed by atoms with E-state index in [1.807, 2.05) is 72.8 Å². The lowest BCUT2D eigenvalue weighted by Crippen LogP contribution is -2.16. The zero-order valence-electron chi connectivity index (χ0n) is 24.8. The van der Waals surface area contributed by atoms with E-state index in [9.17, 15) is 0 Å². The number of benzene rings is 6. The standard InChI is InChI=1S/C41H27N5/c42-36-23-22-29-18-16-28-17-21-33(25-35(28)37(29)38(36)43)32-12-7-13-34(24-32)41-45-39(30-10-5-2-6-11-30)44-40(46-41)31-19-14-27(15-20-31)26-8-3-1-4-9-26/h1-25,42-43H. The molecule has 1 aliphatic rings. The summed E-state index contributed by atoms with van der Waals surface area (Å²) in [6, 6.07) is 47.3. The topological polar surface area (TPSA) is 86.4 Å². The van der Waals surface area contributed by atoms with E-state index in [1.54, 1.807) is 6.08 Å². The maximum Gasteiger partial charge on any atom is 0.164 e. The summed E-state index contributed by atoms with van der Waals surface area (Å²) in [5.74, 6) is 1.82. The van der Waals surface area contributed by atoms with Crippen LogP contribution >= 0.6 is 0 Å². The summed E-state index contributed by atoms with van der Waals surface area (Å²) < 4.78 is 0. The molecule has 0 spiro atoms. The fraction of sp³-hybridized carbons (Fsp3) is 0. The average Bonchev–Trinajstić information content (AvgIpc) is 3.13. The van der Waals surface area contributed by atoms with Gasteiger partial charge in [-0.1, -0.05) is 133 Å². The number of aromatic nitrogens is 3. The minimum atomic E-state index is 0.224. The molecule has 46 heavy (non-hydrogen) atoms. The summed E-state index contributed by atoms with van der Waals surface area (Å²) in [6.07, 6.45) is 3.61. The van der Waals surface area contributed by atoms with Crippen molar-refractivity contribution >= 4 is 28.3 Å². The first-order valence-electron chi connectivity index (χ1n) is 15.1. The van der Waals surface area contributed by atoms with Gasteiger partial charge in [-0.3, -0.25) is 10.8 Å². The Morgan fingerprint density at radius 1 is 0.391 bits per heavy atom. The lowest BCUT2D eigenvalue weighted by atomic mass is 9.88. The monoisotopic (exact) mass is 589 g/mol. The van der Waals surface area contributed by atoms with Gasteiger partial charge < -0.3 is 0 Å². The highest BCUT2D eigenvalue weighted by Gasteiger charge is 2.18. The Hall–Kier alpha value is -6.33. The number of allylic oxidation sites excluding steroid dienone is 1. The van der Waals surface area contributed by atoms with Gasteiger partial charge in [0.15, 0.2) is 17.5 Å². The van der Waals surface area contributed by atoms with Gasteiger partial charge in [0, 0.05) is 22.3 Å². The van der Waals surface area contributed by atoms with Crippen LogP contribution in [0.5, 0.6) is 0 Å². The van der Waals surface area contributed by atoms with E-state index in [-0.39, 0.29) is 11.4 Å². The highest BCUT2D eigenvalue weighted by atomic mass is 15.0. The quantitative estimate of drug-likeness (QED) is 0.210. The molecule has 0 saturated heterocycles. The minimum Gasteiger partial charge on any atom is -0.299 e. The second-order valence-corrected chi connectivity index (χ2v) is 11.3. The van der Waals surface area contributed by atoms with Crippen LogP contribution in [0.4, 0.5) is 0 Å². The summed E-state index contributed by atoms with van der Waals surface area (Å²) in [4.78, 5) is 14.8. The fourth-order valence-electron chi connectivity index (χ4n) is 5.96. The van der Waals surface area contributed by atoms with E-state index in [0.29, 0.717) is 17.5 Å². The fourth-order valence-corrected chi connectivity index (χ4v) is 5.96. The highest BCUT2D eigenvalue weighted by molar-refractivity contribution is 6.53. The third-order valence-electron chi connectivity index (χ3n) is 8.37. The van der Waals surface area contributed by atoms with E-state index in [0.717, 1.165) is 60.8 Å². The molecule has 216 valence electrons. The van der Waals surface area contributed by atoms with Crippen molar-refractivity contribution in [3.8, 4) is 56.4 Å². The lowest BCUT2D eigenvalue weighted by Gasteiger charge is -2.16. The number of hydrogen-bond donors (Lipinski definition) is 2. The summed E-state index contributed by atoms with van der Waals surface area (Å²) >= 11 is 0. The van der Waals surface area contributed by atoms with Gasteiger partial charge in [-0.2, -0.15) is 0 Å². The zero-order chi connectivity index (χ0) is 31.0. The van der Waals surface area contributed by atoms with Crippen molar-refractivity contribution in [2.45, 2.75) is 0 Å². The average molecular weight is 590 g/mol. The first kappa shape index (κ1) is 27.2. The van der Waals surface area contributed by atoms with E-state index in [4.69, 9.17) is 25.8 Å². The summed E-state index contributed by atoms with van der Waals surface area (Å²) in [5.41, 5.74) is 9.28. The maximum atomic E-state index is 8.62. The van der Waals surface area contributed by atoms with Crippen LogP contribution in [0.2, 0.25) is 0 Å². The predicted molar refractivity (Wildman–Crippen MR) is 188 cm³/mol. The Kier molecular flexibility index (Phi) is 6.69. The van der Waals surface area contributed by atoms with Gasteiger partial charge in [-0.25, -0.2) is 15.0 Å². The summed E-state index contributed by atoms with van der Waals surface area (Å²) in [7, 11) is 0. The Balaban J connectivity index is 1.22. The van der Waals surface area contributed by atoms with Crippen molar-refractivity contribution in [2.24, 2.45) is 0 Å². The van der Waals surface area contributed by atoms with Crippen LogP contribution in [0.3, 0.4) is 0 Å². The van der Waals surface area contributed by atoms with Crippen LogP contribution in [-0.2, 0) is 0 Å². The van der Waals surface area contributed by atoms with Gasteiger partial charge in [-0.05, 0) is 56.8 Å². The van der Waals surface area contributed by atoms with Crippen molar-refractivity contribution < 1.29 is 0 Å². The molecule has 1 aromatic heterocycles. The van der Waals surface area contributed by atoms with Crippen LogP contribution in [0, 0.1) is 10.8 Å². The molecule has 7 aromatic rings. The second-order valence-electron chi connectivity index (χ2n) is 11.3. The molecule has 8 rings (SSSR count). The van der Waals surface area contributed by atoms with Gasteiger partial charge in [0.25, 0.3) is 0 Å². The normalized spacial score (nSPS) is 12.3. The number of nitrogens with one attached hydrogen (secondary N) is 2. The van der Waals surface area contributed by atoms with Gasteiger partial charge in [0.1, 0.15) is 0 Å². The Morgan fingerprint density at radius 3 is 1.61 bits per heavy atom. The molecule has 0 atom stereocenters. The molecular weight excluding hydrogens is 562 g/mol. The van der Waals surface area contributed by atoms with E-state index < -0.39 is 0 Å². The molecule has 5 heteroatoms. The number of nitrogens with zero attached hydrogens (tertiary/aromatic N) is 3. The molecule has 1 aliphatic carbocycles. The molecule has 6 aromatic carbocycles. The van der Waals surface area contributed by atoms with E-state index in [2.05, 4.69) is 72.8 Å². The molecule has 5 nitrogen and oxygen atoms in total. The van der Waals surface area contributed by atoms with E-state index >= 15 is 0 Å². The summed E-state index contributed by atoms with van der Waals surface area (Å²) in [6.45, 7) is 0. The largest absolute Gasteiger partial charge is 0.299 e. The van der Waals surface area contributed by atoms with Crippen LogP contribution in [0.1, 0.15) is 11.1 Å². The van der Waals surface area contributed by atoms with Crippen LogP contribution in [0.25, 0.3) is 73.3 Å². The zero-order valence-corrected chi connectivity index (χ0v) is 24.8. The Bertz CT molecular complexity index is 2320. The molecule has 0 amide bonds. The van der Waals surface area contributed by atoms with Crippen molar-refractivity contribution in [3.63, 3.8) is 0 Å². The smallest absolute Gasteiger partial charge is 0.164 e. The third kappa shape index (κ3) is 5.00. The van der Waals surface area contributed by atoms with Gasteiger partial charge >= 0.3 is 0 Å². The first-order chi connectivity index (χ1) is 22.6. The number of rotatable bonds is 5. The summed E-state index contributed by atoms with van der Waals surface area (Å²) in [5, 5.41) is 18.8. The molecule has 0 aliphatic heterocycles. The van der Waals surface area contributed by atoms with Crippen molar-refractivity contribution in [2.75, 3.05) is 0 Å². The molecule has 2 N–H and O–H groups in total. The van der Waals surface area contributed by atoms with Gasteiger partial charge in [0.2, 0.25) is 0 Å². The maximum absolute atomic E-state index is 8.62. The molecular formula is C41H27N5. The second kappa shape index (κ2) is 11.3. The Morgan fingerprint density at radius 2 is 0.891 bits per heavy atom. The van der Waals surface area contributed by atoms with Crippen molar-refractivity contribution in [3.05, 3.63) is 157 Å². The molecule has 0 bridgehead atoms. The molecule has 0 fully saturated rings.